The van der Waals surface area contributed by atoms with Gasteiger partial charge in [0.05, 0.1) is 10.6 Å². The van der Waals surface area contributed by atoms with Gasteiger partial charge in [0.2, 0.25) is 0 Å². The van der Waals surface area contributed by atoms with E-state index in [1.54, 1.807) is 0 Å². The molecule has 0 radical (unpaired) electrons. The van der Waals surface area contributed by atoms with Crippen LogP contribution in [0.1, 0.15) is 17.0 Å². The molecule has 0 bridgehead atoms. The van der Waals surface area contributed by atoms with Gasteiger partial charge in [0.15, 0.2) is 5.17 Å². The van der Waals surface area contributed by atoms with Crippen LogP contribution in [0.3, 0.4) is 0 Å². The van der Waals surface area contributed by atoms with Crippen molar-refractivity contribution in [3.63, 3.8) is 0 Å². The topological polar surface area (TPSA) is 46.4 Å². The number of thioether (sulfide) groups is 1. The molecule has 140 valence electrons. The first-order valence-electron chi connectivity index (χ1n) is 8.81. The lowest BCUT2D eigenvalue weighted by molar-refractivity contribution is -0.115. The predicted molar refractivity (Wildman–Crippen MR) is 120 cm³/mol. The molecule has 1 aliphatic heterocycles. The molecule has 1 fully saturated rings. The number of carbonyl (C=O) groups excluding carboxylic acids is 1. The summed E-state index contributed by atoms with van der Waals surface area (Å²) in [4.78, 5) is 17.5. The molecule has 0 spiro atoms. The van der Waals surface area contributed by atoms with Crippen molar-refractivity contribution in [1.29, 1.82) is 0 Å². The van der Waals surface area contributed by atoms with Crippen molar-refractivity contribution in [2.45, 2.75) is 13.8 Å². The molecule has 4 nitrogen and oxygen atoms in total. The number of nitrogens with zero attached hydrogens (tertiary/aromatic N) is 2. The number of hydrogen-bond donors (Lipinski definition) is 1. The van der Waals surface area contributed by atoms with E-state index in [9.17, 15) is 4.79 Å². The van der Waals surface area contributed by atoms with E-state index in [2.05, 4.69) is 62.9 Å². The zero-order chi connectivity index (χ0) is 19.7. The fraction of sp³-hybridized carbons (Fsp3) is 0.0909. The Labute approximate surface area is 176 Å². The van der Waals surface area contributed by atoms with Crippen LogP contribution in [0.25, 0.3) is 11.8 Å². The first-order valence-corrected chi connectivity index (χ1v) is 10.4. The lowest BCUT2D eigenvalue weighted by atomic mass is 10.2. The van der Waals surface area contributed by atoms with Crippen LogP contribution >= 0.6 is 27.7 Å². The van der Waals surface area contributed by atoms with E-state index >= 15 is 0 Å². The number of halogens is 1. The number of carbonyl (C=O) groups is 1. The molecular formula is C22H18BrN3OS. The van der Waals surface area contributed by atoms with Gasteiger partial charge in [-0.25, -0.2) is 4.99 Å². The van der Waals surface area contributed by atoms with E-state index in [1.165, 1.54) is 11.8 Å². The minimum atomic E-state index is -0.117. The second-order valence-electron chi connectivity index (χ2n) is 6.46. The van der Waals surface area contributed by atoms with Gasteiger partial charge in [0.25, 0.3) is 5.91 Å². The number of aromatic nitrogens is 1. The van der Waals surface area contributed by atoms with Crippen LogP contribution in [-0.4, -0.2) is 15.6 Å². The molecule has 0 saturated carbocycles. The van der Waals surface area contributed by atoms with Gasteiger partial charge < -0.3 is 9.88 Å². The van der Waals surface area contributed by atoms with Crippen molar-refractivity contribution in [3.8, 4) is 5.69 Å². The SMILES string of the molecule is Cc1cc(/C=C2/SC(=Nc3ccccc3)NC2=O)c(C)n1-c1ccc(Br)cc1. The van der Waals surface area contributed by atoms with Gasteiger partial charge in [-0.1, -0.05) is 34.1 Å². The standard InChI is InChI=1S/C22H18BrN3OS/c1-14-12-16(15(2)26(14)19-10-8-17(23)9-11-19)13-20-21(27)25-22(28-20)24-18-6-4-3-5-7-18/h3-13H,1-2H3,(H,24,25,27)/b20-13+. The Morgan fingerprint density at radius 3 is 2.50 bits per heavy atom. The maximum absolute atomic E-state index is 12.4. The molecule has 6 heteroatoms. The third-order valence-electron chi connectivity index (χ3n) is 4.48. The Balaban J connectivity index is 1.64. The van der Waals surface area contributed by atoms with E-state index in [0.717, 1.165) is 32.8 Å². The summed E-state index contributed by atoms with van der Waals surface area (Å²) >= 11 is 4.84. The van der Waals surface area contributed by atoms with E-state index in [0.29, 0.717) is 10.1 Å². The number of amides is 1. The number of rotatable bonds is 3. The molecule has 2 heterocycles. The summed E-state index contributed by atoms with van der Waals surface area (Å²) in [6.07, 6.45) is 1.94. The summed E-state index contributed by atoms with van der Waals surface area (Å²) in [6.45, 7) is 4.14. The first kappa shape index (κ1) is 18.8. The number of aryl methyl sites for hydroxylation is 1. The lowest BCUT2D eigenvalue weighted by Crippen LogP contribution is -2.19. The Morgan fingerprint density at radius 2 is 1.79 bits per heavy atom. The van der Waals surface area contributed by atoms with Gasteiger partial charge in [-0.3, -0.25) is 4.79 Å². The maximum Gasteiger partial charge on any atom is 0.264 e. The number of para-hydroxylation sites is 1. The lowest BCUT2D eigenvalue weighted by Gasteiger charge is -2.09. The van der Waals surface area contributed by atoms with Crippen molar-refractivity contribution < 1.29 is 4.79 Å². The highest BCUT2D eigenvalue weighted by Crippen LogP contribution is 2.30. The zero-order valence-corrected chi connectivity index (χ0v) is 17.8. The number of amidine groups is 1. The molecule has 1 saturated heterocycles. The second kappa shape index (κ2) is 7.81. The van der Waals surface area contributed by atoms with Crippen LogP contribution in [0.5, 0.6) is 0 Å². The van der Waals surface area contributed by atoms with Crippen LogP contribution in [0.15, 0.2) is 75.0 Å². The number of nitrogens with one attached hydrogen (secondary N) is 1. The summed E-state index contributed by atoms with van der Waals surface area (Å²) in [7, 11) is 0. The normalized spacial score (nSPS) is 16.8. The highest BCUT2D eigenvalue weighted by atomic mass is 79.9. The monoisotopic (exact) mass is 451 g/mol. The van der Waals surface area contributed by atoms with E-state index in [-0.39, 0.29) is 5.91 Å². The molecule has 1 aliphatic rings. The highest BCUT2D eigenvalue weighted by molar-refractivity contribution is 9.10. The fourth-order valence-corrected chi connectivity index (χ4v) is 4.26. The summed E-state index contributed by atoms with van der Waals surface area (Å²) in [5.74, 6) is -0.117. The fourth-order valence-electron chi connectivity index (χ4n) is 3.16. The number of benzene rings is 2. The van der Waals surface area contributed by atoms with Gasteiger partial charge in [-0.15, -0.1) is 0 Å². The molecule has 4 rings (SSSR count). The molecule has 28 heavy (non-hydrogen) atoms. The molecule has 1 N–H and O–H groups in total. The molecule has 1 amide bonds. The zero-order valence-electron chi connectivity index (χ0n) is 15.4. The summed E-state index contributed by atoms with van der Waals surface area (Å²) in [5.41, 5.74) is 5.15. The Kier molecular flexibility index (Phi) is 5.24. The summed E-state index contributed by atoms with van der Waals surface area (Å²) in [5, 5.41) is 3.45. The molecule has 1 aromatic heterocycles. The molecular weight excluding hydrogens is 434 g/mol. The summed E-state index contributed by atoms with van der Waals surface area (Å²) < 4.78 is 3.24. The Morgan fingerprint density at radius 1 is 1.07 bits per heavy atom. The van der Waals surface area contributed by atoms with Crippen molar-refractivity contribution in [3.05, 3.63) is 87.0 Å². The van der Waals surface area contributed by atoms with Crippen molar-refractivity contribution in [1.82, 2.24) is 9.88 Å². The van der Waals surface area contributed by atoms with Crippen LogP contribution in [0.4, 0.5) is 5.69 Å². The largest absolute Gasteiger partial charge is 0.318 e. The molecule has 3 aromatic rings. The average Bonchev–Trinajstić information content (AvgIpc) is 3.16. The molecule has 0 atom stereocenters. The molecule has 0 unspecified atom stereocenters. The molecule has 0 aliphatic carbocycles. The highest BCUT2D eigenvalue weighted by Gasteiger charge is 2.24. The van der Waals surface area contributed by atoms with E-state index in [1.807, 2.05) is 48.5 Å². The van der Waals surface area contributed by atoms with Gasteiger partial charge in [0.1, 0.15) is 0 Å². The first-order chi connectivity index (χ1) is 13.5. The maximum atomic E-state index is 12.4. The van der Waals surface area contributed by atoms with Crippen LogP contribution in [-0.2, 0) is 4.79 Å². The van der Waals surface area contributed by atoms with Crippen molar-refractivity contribution in [2.24, 2.45) is 4.99 Å². The smallest absolute Gasteiger partial charge is 0.264 e. The van der Waals surface area contributed by atoms with Gasteiger partial charge in [-0.2, -0.15) is 0 Å². The van der Waals surface area contributed by atoms with Gasteiger partial charge in [0, 0.05) is 21.5 Å². The van der Waals surface area contributed by atoms with Crippen LogP contribution in [0.2, 0.25) is 0 Å². The van der Waals surface area contributed by atoms with Crippen LogP contribution in [0, 0.1) is 13.8 Å². The number of hydrogen-bond acceptors (Lipinski definition) is 3. The quantitative estimate of drug-likeness (QED) is 0.515. The summed E-state index contributed by atoms with van der Waals surface area (Å²) in [6, 6.07) is 19.9. The van der Waals surface area contributed by atoms with E-state index < -0.39 is 0 Å². The van der Waals surface area contributed by atoms with Gasteiger partial charge >= 0.3 is 0 Å². The van der Waals surface area contributed by atoms with Crippen molar-refractivity contribution >= 4 is 50.5 Å². The number of aliphatic imine (C=N–C) groups is 1. The van der Waals surface area contributed by atoms with Crippen molar-refractivity contribution in [2.75, 3.05) is 0 Å². The van der Waals surface area contributed by atoms with Gasteiger partial charge in [-0.05, 0) is 79.7 Å². The third kappa shape index (κ3) is 3.84. The Hall–Kier alpha value is -2.57. The second-order valence-corrected chi connectivity index (χ2v) is 8.40. The van der Waals surface area contributed by atoms with E-state index in [4.69, 9.17) is 0 Å². The third-order valence-corrected chi connectivity index (χ3v) is 5.92. The predicted octanol–water partition coefficient (Wildman–Crippen LogP) is 5.75. The molecule has 2 aromatic carbocycles. The Bertz CT molecular complexity index is 1100. The minimum absolute atomic E-state index is 0.117. The minimum Gasteiger partial charge on any atom is -0.318 e. The van der Waals surface area contributed by atoms with Crippen LogP contribution < -0.4 is 5.32 Å². The average molecular weight is 452 g/mol.